The summed E-state index contributed by atoms with van der Waals surface area (Å²) < 4.78 is 1.71. The molecule has 100 valence electrons. The molecule has 3 atom stereocenters. The maximum Gasteiger partial charge on any atom is 0.151 e. The second-order valence-electron chi connectivity index (χ2n) is 4.54. The van der Waals surface area contributed by atoms with E-state index in [0.29, 0.717) is 16.9 Å². The van der Waals surface area contributed by atoms with Crippen LogP contribution in [0, 0.1) is 0 Å². The molecule has 0 saturated heterocycles. The van der Waals surface area contributed by atoms with E-state index in [1.54, 1.807) is 29.2 Å². The molecule has 7 nitrogen and oxygen atoms in total. The molecule has 0 saturated carbocycles. The van der Waals surface area contributed by atoms with Gasteiger partial charge in [0.15, 0.2) is 5.82 Å². The van der Waals surface area contributed by atoms with Crippen molar-refractivity contribution in [2.24, 2.45) is 0 Å². The smallest absolute Gasteiger partial charge is 0.151 e. The average molecular weight is 262 g/mol. The molecule has 1 unspecified atom stereocenters. The highest BCUT2D eigenvalue weighted by molar-refractivity contribution is 5.84. The van der Waals surface area contributed by atoms with E-state index >= 15 is 0 Å². The predicted octanol–water partition coefficient (Wildman–Crippen LogP) is -0.791. The number of nitrogen functional groups attached to an aromatic ring is 1. The number of nitrogens with zero attached hydrogens (tertiary/aromatic N) is 3. The summed E-state index contributed by atoms with van der Waals surface area (Å²) in [5.74, 6) is 0.315. The van der Waals surface area contributed by atoms with Crippen LogP contribution in [-0.4, -0.2) is 48.7 Å². The summed E-state index contributed by atoms with van der Waals surface area (Å²) in [5, 5.41) is 29.0. The van der Waals surface area contributed by atoms with Crippen LogP contribution in [0.3, 0.4) is 0 Å². The van der Waals surface area contributed by atoms with E-state index in [1.807, 2.05) is 0 Å². The Morgan fingerprint density at radius 2 is 2.11 bits per heavy atom. The summed E-state index contributed by atoms with van der Waals surface area (Å²) in [6.45, 7) is -0.287. The minimum atomic E-state index is -1.06. The summed E-state index contributed by atoms with van der Waals surface area (Å²) in [5.41, 5.74) is 7.41. The minimum absolute atomic E-state index is 0.287. The van der Waals surface area contributed by atoms with Gasteiger partial charge in [-0.15, -0.1) is 0 Å². The molecule has 0 fully saturated rings. The van der Waals surface area contributed by atoms with Gasteiger partial charge >= 0.3 is 0 Å². The van der Waals surface area contributed by atoms with Crippen molar-refractivity contribution in [3.63, 3.8) is 0 Å². The largest absolute Gasteiger partial charge is 0.392 e. The van der Waals surface area contributed by atoms with E-state index < -0.39 is 18.2 Å². The number of aromatic nitrogens is 3. The lowest BCUT2D eigenvalue weighted by atomic mass is 10.1. The molecule has 5 N–H and O–H groups in total. The molecule has 2 aromatic rings. The number of fused-ring (bicyclic) bond motifs is 1. The number of hydrogen-bond donors (Lipinski definition) is 4. The standard InChI is InChI=1S/C12H14N4O3/c13-12-9-7(1-2-14-12)16(5-15-9)8-3-6(4-17)10(18)11(8)19/h1-3,5,8,10-11,17-19H,4H2,(H2,13,14)/t8?,10-,11+/m1/s1. The van der Waals surface area contributed by atoms with Crippen LogP contribution in [0.25, 0.3) is 11.0 Å². The Labute approximate surface area is 108 Å². The first-order valence-electron chi connectivity index (χ1n) is 5.88. The van der Waals surface area contributed by atoms with Gasteiger partial charge in [-0.2, -0.15) is 0 Å². The minimum Gasteiger partial charge on any atom is -0.392 e. The van der Waals surface area contributed by atoms with Gasteiger partial charge in [0, 0.05) is 6.20 Å². The third-order valence-electron chi connectivity index (χ3n) is 3.46. The quantitative estimate of drug-likeness (QED) is 0.527. The van der Waals surface area contributed by atoms with Crippen LogP contribution in [0.1, 0.15) is 6.04 Å². The van der Waals surface area contributed by atoms with Crippen molar-refractivity contribution in [3.8, 4) is 0 Å². The number of hydrogen-bond acceptors (Lipinski definition) is 6. The Bertz CT molecular complexity index is 651. The zero-order valence-corrected chi connectivity index (χ0v) is 10.0. The van der Waals surface area contributed by atoms with Crippen LogP contribution in [-0.2, 0) is 0 Å². The van der Waals surface area contributed by atoms with Crippen molar-refractivity contribution in [3.05, 3.63) is 30.2 Å². The number of rotatable bonds is 2. The number of imidazole rings is 1. The van der Waals surface area contributed by atoms with Crippen molar-refractivity contribution in [1.82, 2.24) is 14.5 Å². The van der Waals surface area contributed by atoms with E-state index in [4.69, 9.17) is 10.8 Å². The van der Waals surface area contributed by atoms with Gasteiger partial charge in [-0.25, -0.2) is 9.97 Å². The highest BCUT2D eigenvalue weighted by Crippen LogP contribution is 2.32. The molecule has 7 heteroatoms. The van der Waals surface area contributed by atoms with Crippen molar-refractivity contribution in [2.75, 3.05) is 12.3 Å². The summed E-state index contributed by atoms with van der Waals surface area (Å²) in [6.07, 6.45) is 2.66. The number of anilines is 1. The van der Waals surface area contributed by atoms with Crippen molar-refractivity contribution >= 4 is 16.9 Å². The molecular weight excluding hydrogens is 248 g/mol. The summed E-state index contributed by atoms with van der Waals surface area (Å²) in [7, 11) is 0. The molecular formula is C12H14N4O3. The fourth-order valence-electron chi connectivity index (χ4n) is 2.43. The third kappa shape index (κ3) is 1.71. The number of aliphatic hydroxyl groups excluding tert-OH is 3. The Balaban J connectivity index is 2.11. The lowest BCUT2D eigenvalue weighted by molar-refractivity contribution is 0.0288. The second kappa shape index (κ2) is 4.30. The summed E-state index contributed by atoms with van der Waals surface area (Å²) in [6, 6.07) is 1.26. The first-order valence-corrected chi connectivity index (χ1v) is 5.88. The Hall–Kier alpha value is -1.96. The second-order valence-corrected chi connectivity index (χ2v) is 4.54. The molecule has 0 aromatic carbocycles. The van der Waals surface area contributed by atoms with E-state index in [1.165, 1.54) is 0 Å². The van der Waals surface area contributed by atoms with Crippen LogP contribution in [0.5, 0.6) is 0 Å². The average Bonchev–Trinajstić information content (AvgIpc) is 2.94. The molecule has 0 spiro atoms. The van der Waals surface area contributed by atoms with Crippen LogP contribution in [0.15, 0.2) is 30.2 Å². The number of nitrogens with two attached hydrogens (primary N) is 1. The highest BCUT2D eigenvalue weighted by atomic mass is 16.3. The topological polar surface area (TPSA) is 117 Å². The van der Waals surface area contributed by atoms with Crippen molar-refractivity contribution in [1.29, 1.82) is 0 Å². The molecule has 19 heavy (non-hydrogen) atoms. The summed E-state index contributed by atoms with van der Waals surface area (Å²) in [4.78, 5) is 8.11. The zero-order valence-electron chi connectivity index (χ0n) is 10.0. The lowest BCUT2D eigenvalue weighted by Gasteiger charge is -2.19. The fraction of sp³-hybridized carbons (Fsp3) is 0.333. The zero-order chi connectivity index (χ0) is 13.6. The predicted molar refractivity (Wildman–Crippen MR) is 68.2 cm³/mol. The maximum atomic E-state index is 10.1. The Kier molecular flexibility index (Phi) is 2.74. The van der Waals surface area contributed by atoms with Gasteiger partial charge < -0.3 is 25.6 Å². The molecule has 0 amide bonds. The molecule has 2 heterocycles. The van der Waals surface area contributed by atoms with Crippen LogP contribution in [0.4, 0.5) is 5.82 Å². The van der Waals surface area contributed by atoms with Crippen LogP contribution >= 0.6 is 0 Å². The molecule has 2 aromatic heterocycles. The normalized spacial score (nSPS) is 26.9. The first kappa shape index (κ1) is 12.1. The van der Waals surface area contributed by atoms with E-state index in [-0.39, 0.29) is 6.61 Å². The van der Waals surface area contributed by atoms with E-state index in [9.17, 15) is 10.2 Å². The Morgan fingerprint density at radius 1 is 1.32 bits per heavy atom. The molecule has 0 radical (unpaired) electrons. The monoisotopic (exact) mass is 262 g/mol. The molecule has 0 aliphatic heterocycles. The maximum absolute atomic E-state index is 10.1. The van der Waals surface area contributed by atoms with E-state index in [0.717, 1.165) is 5.52 Å². The molecule has 3 rings (SSSR count). The van der Waals surface area contributed by atoms with Gasteiger partial charge in [0.05, 0.1) is 24.5 Å². The van der Waals surface area contributed by atoms with Crippen molar-refractivity contribution in [2.45, 2.75) is 18.2 Å². The molecule has 1 aliphatic carbocycles. The first-order chi connectivity index (χ1) is 9.13. The number of pyridine rings is 1. The highest BCUT2D eigenvalue weighted by Gasteiger charge is 2.35. The van der Waals surface area contributed by atoms with Gasteiger partial charge in [0.25, 0.3) is 0 Å². The lowest BCUT2D eigenvalue weighted by Crippen LogP contribution is -2.29. The van der Waals surface area contributed by atoms with Gasteiger partial charge in [0.1, 0.15) is 17.7 Å². The Morgan fingerprint density at radius 3 is 2.79 bits per heavy atom. The van der Waals surface area contributed by atoms with Crippen LogP contribution < -0.4 is 5.73 Å². The van der Waals surface area contributed by atoms with E-state index in [2.05, 4.69) is 9.97 Å². The van der Waals surface area contributed by atoms with Gasteiger partial charge in [-0.1, -0.05) is 6.08 Å². The van der Waals surface area contributed by atoms with Gasteiger partial charge in [0.2, 0.25) is 0 Å². The van der Waals surface area contributed by atoms with Gasteiger partial charge in [-0.05, 0) is 11.6 Å². The van der Waals surface area contributed by atoms with Crippen molar-refractivity contribution < 1.29 is 15.3 Å². The number of aliphatic hydroxyl groups is 3. The summed E-state index contributed by atoms with van der Waals surface area (Å²) >= 11 is 0. The SMILES string of the molecule is Nc1nccc2c1ncn2C1C=C(CO)[C@@H](O)[C@H]1O. The fourth-order valence-corrected chi connectivity index (χ4v) is 2.43. The van der Waals surface area contributed by atoms with Gasteiger partial charge in [-0.3, -0.25) is 0 Å². The van der Waals surface area contributed by atoms with Crippen LogP contribution in [0.2, 0.25) is 0 Å². The third-order valence-corrected chi connectivity index (χ3v) is 3.46. The molecule has 1 aliphatic rings. The molecule has 0 bridgehead atoms.